The number of alkyl carbamates (subject to hydrolysis) is 1. The van der Waals surface area contributed by atoms with E-state index in [9.17, 15) is 19.2 Å². The molecule has 1 heterocycles. The maximum absolute atomic E-state index is 12.3. The number of ether oxygens (including phenoxy) is 1. The van der Waals surface area contributed by atoms with E-state index in [1.807, 2.05) is 0 Å². The highest BCUT2D eigenvalue weighted by molar-refractivity contribution is 6.20. The number of nitrogens with one attached hydrogen (secondary N) is 1. The number of amides is 3. The van der Waals surface area contributed by atoms with Gasteiger partial charge in [-0.2, -0.15) is 0 Å². The van der Waals surface area contributed by atoms with Crippen molar-refractivity contribution in [1.82, 2.24) is 10.4 Å². The van der Waals surface area contributed by atoms with Crippen LogP contribution in [0.1, 0.15) is 60.7 Å². The van der Waals surface area contributed by atoms with Crippen molar-refractivity contribution in [2.24, 2.45) is 5.92 Å². The van der Waals surface area contributed by atoms with Crippen LogP contribution in [-0.2, 0) is 14.4 Å². The van der Waals surface area contributed by atoms with Crippen molar-refractivity contribution in [3.8, 4) is 0 Å². The van der Waals surface area contributed by atoms with Crippen LogP contribution in [0.5, 0.6) is 0 Å². The van der Waals surface area contributed by atoms with E-state index in [1.165, 1.54) is 12.1 Å². The van der Waals surface area contributed by atoms with Crippen molar-refractivity contribution >= 4 is 23.9 Å². The summed E-state index contributed by atoms with van der Waals surface area (Å²) in [5.41, 5.74) is -0.263. The van der Waals surface area contributed by atoms with Gasteiger partial charge in [-0.15, -0.1) is 0 Å². The second-order valence-corrected chi connectivity index (χ2v) is 7.71. The molecule has 1 fully saturated rings. The van der Waals surface area contributed by atoms with Gasteiger partial charge in [0.25, 0.3) is 11.8 Å². The van der Waals surface area contributed by atoms with Gasteiger partial charge in [0.2, 0.25) is 0 Å². The quantitative estimate of drug-likeness (QED) is 0.794. The Balaban J connectivity index is 1.60. The van der Waals surface area contributed by atoms with E-state index >= 15 is 0 Å². The van der Waals surface area contributed by atoms with Crippen molar-refractivity contribution in [3.05, 3.63) is 35.4 Å². The van der Waals surface area contributed by atoms with E-state index in [2.05, 4.69) is 5.32 Å². The number of carbonyl (C=O) groups excluding carboxylic acids is 4. The van der Waals surface area contributed by atoms with E-state index < -0.39 is 35.5 Å². The Morgan fingerprint density at radius 1 is 1.15 bits per heavy atom. The number of hydrogen-bond acceptors (Lipinski definition) is 6. The fourth-order valence-corrected chi connectivity index (χ4v) is 2.86. The molecule has 3 rings (SSSR count). The molecule has 27 heavy (non-hydrogen) atoms. The number of benzene rings is 1. The molecule has 1 atom stereocenters. The average molecular weight is 374 g/mol. The Morgan fingerprint density at radius 3 is 2.19 bits per heavy atom. The highest BCUT2D eigenvalue weighted by Gasteiger charge is 2.40. The van der Waals surface area contributed by atoms with Crippen molar-refractivity contribution < 1.29 is 28.8 Å². The minimum absolute atomic E-state index is 0.146. The Morgan fingerprint density at radius 2 is 1.70 bits per heavy atom. The van der Waals surface area contributed by atoms with Crippen molar-refractivity contribution in [1.29, 1.82) is 0 Å². The second-order valence-electron chi connectivity index (χ2n) is 7.71. The van der Waals surface area contributed by atoms with Crippen LogP contribution in [0, 0.1) is 5.92 Å². The first-order chi connectivity index (χ1) is 12.7. The molecule has 1 aliphatic carbocycles. The summed E-state index contributed by atoms with van der Waals surface area (Å²) in [5, 5.41) is 3.16. The number of fused-ring (bicyclic) bond motifs is 1. The van der Waals surface area contributed by atoms with Crippen molar-refractivity contribution in [2.45, 2.75) is 51.7 Å². The van der Waals surface area contributed by atoms with Gasteiger partial charge in [0.05, 0.1) is 17.5 Å². The standard InChI is InChI=1S/C19H22N2O6/c1-19(2,3)26-18(25)20-14(11-8-9-11)10-15(22)27-21-16(23)12-6-4-5-7-13(12)17(21)24/h4-7,11,14H,8-10H2,1-3H3,(H,20,25). The molecule has 0 bridgehead atoms. The molecule has 1 aromatic carbocycles. The molecule has 8 heteroatoms. The maximum atomic E-state index is 12.3. The molecule has 2 aliphatic rings. The van der Waals surface area contributed by atoms with Crippen LogP contribution in [0.4, 0.5) is 4.79 Å². The average Bonchev–Trinajstić information content (AvgIpc) is 3.38. The minimum Gasteiger partial charge on any atom is -0.444 e. The van der Waals surface area contributed by atoms with Crippen LogP contribution in [0.3, 0.4) is 0 Å². The van der Waals surface area contributed by atoms with Crippen LogP contribution < -0.4 is 5.32 Å². The van der Waals surface area contributed by atoms with Crippen LogP contribution in [-0.4, -0.2) is 40.6 Å². The third kappa shape index (κ3) is 4.45. The lowest BCUT2D eigenvalue weighted by molar-refractivity contribution is -0.169. The van der Waals surface area contributed by atoms with Crippen LogP contribution in [0.15, 0.2) is 24.3 Å². The molecule has 1 aromatic rings. The predicted molar refractivity (Wildman–Crippen MR) is 93.5 cm³/mol. The number of hydrogen-bond donors (Lipinski definition) is 1. The zero-order valence-electron chi connectivity index (χ0n) is 15.5. The SMILES string of the molecule is CC(C)(C)OC(=O)NC(CC(=O)ON1C(=O)c2ccccc2C1=O)C1CC1. The number of imide groups is 1. The fraction of sp³-hybridized carbons (Fsp3) is 0.474. The van der Waals surface area contributed by atoms with Gasteiger partial charge in [-0.25, -0.2) is 9.59 Å². The molecule has 1 unspecified atom stereocenters. The number of carbonyl (C=O) groups is 4. The maximum Gasteiger partial charge on any atom is 0.407 e. The topological polar surface area (TPSA) is 102 Å². The number of hydroxylamine groups is 2. The summed E-state index contributed by atoms with van der Waals surface area (Å²) in [7, 11) is 0. The largest absolute Gasteiger partial charge is 0.444 e. The van der Waals surface area contributed by atoms with E-state index in [0.717, 1.165) is 12.8 Å². The molecule has 1 N–H and O–H groups in total. The zero-order chi connectivity index (χ0) is 19.8. The summed E-state index contributed by atoms with van der Waals surface area (Å²) in [6.07, 6.45) is 0.978. The van der Waals surface area contributed by atoms with Gasteiger partial charge in [0.15, 0.2) is 0 Å². The first kappa shape index (κ1) is 18.9. The van der Waals surface area contributed by atoms with Gasteiger partial charge in [-0.1, -0.05) is 17.2 Å². The van der Waals surface area contributed by atoms with Crippen LogP contribution >= 0.6 is 0 Å². The fourth-order valence-electron chi connectivity index (χ4n) is 2.86. The summed E-state index contributed by atoms with van der Waals surface area (Å²) in [5.74, 6) is -1.97. The van der Waals surface area contributed by atoms with Crippen molar-refractivity contribution in [2.75, 3.05) is 0 Å². The molecule has 0 radical (unpaired) electrons. The molecule has 0 spiro atoms. The first-order valence-corrected chi connectivity index (χ1v) is 8.84. The van der Waals surface area contributed by atoms with Gasteiger partial charge >= 0.3 is 12.1 Å². The summed E-state index contributed by atoms with van der Waals surface area (Å²) < 4.78 is 5.22. The van der Waals surface area contributed by atoms with Gasteiger partial charge < -0.3 is 14.9 Å². The van der Waals surface area contributed by atoms with E-state index in [0.29, 0.717) is 5.06 Å². The predicted octanol–water partition coefficient (Wildman–Crippen LogP) is 2.43. The molecule has 0 saturated heterocycles. The Hall–Kier alpha value is -2.90. The van der Waals surface area contributed by atoms with Gasteiger partial charge in [-0.05, 0) is 51.7 Å². The summed E-state index contributed by atoms with van der Waals surface area (Å²) in [6.45, 7) is 5.24. The Labute approximate surface area is 156 Å². The summed E-state index contributed by atoms with van der Waals surface area (Å²) in [6, 6.07) is 5.79. The molecular formula is C19H22N2O6. The molecule has 8 nitrogen and oxygen atoms in total. The number of nitrogens with zero attached hydrogens (tertiary/aromatic N) is 1. The third-order valence-corrected chi connectivity index (χ3v) is 4.23. The van der Waals surface area contributed by atoms with Gasteiger partial charge in [-0.3, -0.25) is 9.59 Å². The first-order valence-electron chi connectivity index (χ1n) is 8.84. The third-order valence-electron chi connectivity index (χ3n) is 4.23. The molecule has 3 amide bonds. The lowest BCUT2D eigenvalue weighted by atomic mass is 10.1. The van der Waals surface area contributed by atoms with Crippen LogP contribution in [0.25, 0.3) is 0 Å². The number of rotatable bonds is 5. The highest BCUT2D eigenvalue weighted by atomic mass is 16.7. The van der Waals surface area contributed by atoms with Gasteiger partial charge in [0.1, 0.15) is 5.60 Å². The molecular weight excluding hydrogens is 352 g/mol. The normalized spacial score (nSPS) is 17.4. The van der Waals surface area contributed by atoms with E-state index in [4.69, 9.17) is 9.57 Å². The highest BCUT2D eigenvalue weighted by Crippen LogP contribution is 2.34. The van der Waals surface area contributed by atoms with Crippen molar-refractivity contribution in [3.63, 3.8) is 0 Å². The molecule has 1 saturated carbocycles. The Kier molecular flexibility index (Phi) is 4.91. The van der Waals surface area contributed by atoms with Crippen LogP contribution in [0.2, 0.25) is 0 Å². The molecule has 144 valence electrons. The smallest absolute Gasteiger partial charge is 0.407 e. The molecule has 0 aromatic heterocycles. The summed E-state index contributed by atoms with van der Waals surface area (Å²) in [4.78, 5) is 53.8. The molecule has 1 aliphatic heterocycles. The van der Waals surface area contributed by atoms with Gasteiger partial charge in [0, 0.05) is 6.04 Å². The Bertz CT molecular complexity index is 759. The second kappa shape index (κ2) is 7.02. The lowest BCUT2D eigenvalue weighted by Gasteiger charge is -2.23. The zero-order valence-corrected chi connectivity index (χ0v) is 15.5. The summed E-state index contributed by atoms with van der Waals surface area (Å²) >= 11 is 0. The van der Waals surface area contributed by atoms with E-state index in [1.54, 1.807) is 32.9 Å². The minimum atomic E-state index is -0.766. The van der Waals surface area contributed by atoms with E-state index in [-0.39, 0.29) is 23.5 Å². The monoisotopic (exact) mass is 374 g/mol. The lowest BCUT2D eigenvalue weighted by Crippen LogP contribution is -2.42.